The van der Waals surface area contributed by atoms with E-state index in [-0.39, 0.29) is 12.0 Å². The Morgan fingerprint density at radius 2 is 2.22 bits per heavy atom. The highest BCUT2D eigenvalue weighted by molar-refractivity contribution is 5.68. The molecule has 1 aliphatic rings. The van der Waals surface area contributed by atoms with Gasteiger partial charge >= 0.3 is 6.09 Å². The van der Waals surface area contributed by atoms with Crippen LogP contribution in [-0.2, 0) is 4.74 Å². The number of carbonyl (C=O) groups excluding carboxylic acids is 1. The molecule has 0 aromatic carbocycles. The third kappa shape index (κ3) is 2.85. The summed E-state index contributed by atoms with van der Waals surface area (Å²) in [5.41, 5.74) is 0.445. The summed E-state index contributed by atoms with van der Waals surface area (Å²) in [5.74, 6) is -0.0625. The van der Waals surface area contributed by atoms with Crippen LogP contribution >= 0.6 is 0 Å². The Morgan fingerprint density at radius 1 is 1.50 bits per heavy atom. The van der Waals surface area contributed by atoms with Gasteiger partial charge < -0.3 is 19.7 Å². The first-order valence-electron chi connectivity index (χ1n) is 6.16. The van der Waals surface area contributed by atoms with Gasteiger partial charge in [0.1, 0.15) is 5.60 Å². The van der Waals surface area contributed by atoms with Gasteiger partial charge in [0.2, 0.25) is 0 Å². The number of H-pyrrole nitrogens is 1. The van der Waals surface area contributed by atoms with Crippen LogP contribution in [0.4, 0.5) is 4.79 Å². The highest BCUT2D eigenvalue weighted by Crippen LogP contribution is 2.27. The molecule has 18 heavy (non-hydrogen) atoms. The van der Waals surface area contributed by atoms with Gasteiger partial charge in [-0.15, -0.1) is 0 Å². The Morgan fingerprint density at radius 3 is 2.78 bits per heavy atom. The van der Waals surface area contributed by atoms with E-state index in [2.05, 4.69) is 4.98 Å². The molecular formula is C13H20N2O3. The van der Waals surface area contributed by atoms with Gasteiger partial charge in [0.05, 0.1) is 12.6 Å². The number of aromatic amines is 1. The largest absolute Gasteiger partial charge is 0.444 e. The van der Waals surface area contributed by atoms with E-state index < -0.39 is 11.7 Å². The molecule has 1 fully saturated rings. The van der Waals surface area contributed by atoms with Crippen molar-refractivity contribution in [3.63, 3.8) is 0 Å². The van der Waals surface area contributed by atoms with Crippen LogP contribution in [0.5, 0.6) is 0 Å². The first-order chi connectivity index (χ1) is 8.37. The zero-order valence-electron chi connectivity index (χ0n) is 11.0. The molecule has 5 nitrogen and oxygen atoms in total. The highest BCUT2D eigenvalue weighted by atomic mass is 16.6. The van der Waals surface area contributed by atoms with Gasteiger partial charge in [-0.1, -0.05) is 0 Å². The molecule has 2 N–H and O–H groups in total. The van der Waals surface area contributed by atoms with Crippen LogP contribution in [0.3, 0.4) is 0 Å². The number of aliphatic hydroxyl groups excluding tert-OH is 1. The topological polar surface area (TPSA) is 65.6 Å². The summed E-state index contributed by atoms with van der Waals surface area (Å²) >= 11 is 0. The highest BCUT2D eigenvalue weighted by Gasteiger charge is 2.37. The minimum absolute atomic E-state index is 0.0625. The minimum atomic E-state index is -0.545. The molecule has 100 valence electrons. The van der Waals surface area contributed by atoms with Crippen LogP contribution in [0.1, 0.15) is 32.4 Å². The summed E-state index contributed by atoms with van der Waals surface area (Å²) in [7, 11) is 0. The monoisotopic (exact) mass is 252 g/mol. The fraction of sp³-hybridized carbons (Fsp3) is 0.615. The molecule has 5 heteroatoms. The predicted octanol–water partition coefficient (Wildman–Crippen LogP) is 1.71. The molecule has 2 heterocycles. The quantitative estimate of drug-likeness (QED) is 0.799. The van der Waals surface area contributed by atoms with Crippen LogP contribution in [0.15, 0.2) is 18.3 Å². The van der Waals surface area contributed by atoms with Crippen molar-refractivity contribution in [1.82, 2.24) is 9.88 Å². The Balaban J connectivity index is 2.00. The molecule has 0 saturated carbocycles. The van der Waals surface area contributed by atoms with E-state index in [1.807, 2.05) is 39.1 Å². The van der Waals surface area contributed by atoms with Crippen molar-refractivity contribution >= 4 is 6.09 Å². The second-order valence-corrected chi connectivity index (χ2v) is 5.68. The number of aromatic nitrogens is 1. The van der Waals surface area contributed by atoms with Crippen LogP contribution < -0.4 is 0 Å². The van der Waals surface area contributed by atoms with Crippen molar-refractivity contribution in [2.45, 2.75) is 38.4 Å². The van der Waals surface area contributed by atoms with E-state index >= 15 is 0 Å². The van der Waals surface area contributed by atoms with Crippen molar-refractivity contribution < 1.29 is 14.6 Å². The maximum Gasteiger partial charge on any atom is 0.410 e. The van der Waals surface area contributed by atoms with Gasteiger partial charge in [-0.3, -0.25) is 0 Å². The van der Waals surface area contributed by atoms with Gasteiger partial charge in [0, 0.05) is 24.4 Å². The first kappa shape index (κ1) is 13.0. The van der Waals surface area contributed by atoms with Gasteiger partial charge in [0.15, 0.2) is 0 Å². The number of hydrogen-bond donors (Lipinski definition) is 2. The number of rotatable bonds is 1. The molecule has 1 aromatic rings. The van der Waals surface area contributed by atoms with E-state index in [1.54, 1.807) is 4.90 Å². The third-order valence-electron chi connectivity index (χ3n) is 2.96. The average Bonchev–Trinajstić information content (AvgIpc) is 2.82. The van der Waals surface area contributed by atoms with E-state index in [1.165, 1.54) is 0 Å². The van der Waals surface area contributed by atoms with E-state index in [9.17, 15) is 9.90 Å². The third-order valence-corrected chi connectivity index (χ3v) is 2.96. The van der Waals surface area contributed by atoms with E-state index in [0.29, 0.717) is 13.1 Å². The lowest BCUT2D eigenvalue weighted by Crippen LogP contribution is -2.35. The number of hydrogen-bond acceptors (Lipinski definition) is 3. The molecule has 1 amide bonds. The van der Waals surface area contributed by atoms with Gasteiger partial charge in [-0.25, -0.2) is 4.79 Å². The standard InChI is InChI=1S/C13H20N2O3/c1-13(2,3)18-12(17)15-7-9(11(16)8-15)10-5-4-6-14-10/h4-6,9,11,14,16H,7-8H2,1-3H3/t9-,11+/m1/s1. The number of ether oxygens (including phenoxy) is 1. The number of carbonyl (C=O) groups is 1. The van der Waals surface area contributed by atoms with Crippen LogP contribution in [0.2, 0.25) is 0 Å². The second kappa shape index (κ2) is 4.65. The number of β-amino-alcohol motifs (C(OH)–C–C–N with tert-alkyl or cyclic N) is 1. The molecule has 1 saturated heterocycles. The minimum Gasteiger partial charge on any atom is -0.444 e. The maximum atomic E-state index is 11.9. The summed E-state index contributed by atoms with van der Waals surface area (Å²) in [6.45, 7) is 6.30. The fourth-order valence-corrected chi connectivity index (χ4v) is 2.14. The van der Waals surface area contributed by atoms with Crippen LogP contribution in [-0.4, -0.2) is 45.9 Å². The van der Waals surface area contributed by atoms with Crippen molar-refractivity contribution in [1.29, 1.82) is 0 Å². The fourth-order valence-electron chi connectivity index (χ4n) is 2.14. The molecule has 0 unspecified atom stereocenters. The van der Waals surface area contributed by atoms with Gasteiger partial charge in [-0.2, -0.15) is 0 Å². The van der Waals surface area contributed by atoms with Crippen molar-refractivity contribution in [3.8, 4) is 0 Å². The Bertz CT molecular complexity index is 408. The van der Waals surface area contributed by atoms with Crippen LogP contribution in [0, 0.1) is 0 Å². The Hall–Kier alpha value is -1.49. The number of likely N-dealkylation sites (tertiary alicyclic amines) is 1. The number of aliphatic hydroxyl groups is 1. The van der Waals surface area contributed by atoms with Crippen molar-refractivity contribution in [2.75, 3.05) is 13.1 Å². The zero-order chi connectivity index (χ0) is 13.3. The average molecular weight is 252 g/mol. The van der Waals surface area contributed by atoms with Gasteiger partial charge in [-0.05, 0) is 32.9 Å². The summed E-state index contributed by atoms with van der Waals surface area (Å²) in [4.78, 5) is 16.5. The normalized spacial score (nSPS) is 24.3. The lowest BCUT2D eigenvalue weighted by Gasteiger charge is -2.24. The van der Waals surface area contributed by atoms with Crippen molar-refractivity contribution in [2.24, 2.45) is 0 Å². The lowest BCUT2D eigenvalue weighted by molar-refractivity contribution is 0.0270. The smallest absolute Gasteiger partial charge is 0.410 e. The summed E-state index contributed by atoms with van der Waals surface area (Å²) in [5, 5.41) is 10.0. The Labute approximate surface area is 107 Å². The molecule has 1 aromatic heterocycles. The molecule has 2 atom stereocenters. The maximum absolute atomic E-state index is 11.9. The second-order valence-electron chi connectivity index (χ2n) is 5.68. The van der Waals surface area contributed by atoms with Gasteiger partial charge in [0.25, 0.3) is 0 Å². The molecule has 0 aliphatic carbocycles. The molecule has 2 rings (SSSR count). The Kier molecular flexibility index (Phi) is 3.34. The molecule has 0 bridgehead atoms. The first-order valence-corrected chi connectivity index (χ1v) is 6.16. The van der Waals surface area contributed by atoms with E-state index in [4.69, 9.17) is 4.74 Å². The molecular weight excluding hydrogens is 232 g/mol. The molecule has 1 aliphatic heterocycles. The summed E-state index contributed by atoms with van der Waals surface area (Å²) in [6.07, 6.45) is 0.907. The van der Waals surface area contributed by atoms with E-state index in [0.717, 1.165) is 5.69 Å². The summed E-state index contributed by atoms with van der Waals surface area (Å²) < 4.78 is 5.30. The zero-order valence-corrected chi connectivity index (χ0v) is 11.0. The van der Waals surface area contributed by atoms with Crippen LogP contribution in [0.25, 0.3) is 0 Å². The van der Waals surface area contributed by atoms with Crippen molar-refractivity contribution in [3.05, 3.63) is 24.0 Å². The SMILES string of the molecule is CC(C)(C)OC(=O)N1C[C@H](c2ccc[nH]2)[C@@H](O)C1. The number of amides is 1. The predicted molar refractivity (Wildman–Crippen MR) is 67.3 cm³/mol. The summed E-state index contributed by atoms with van der Waals surface area (Å²) in [6, 6.07) is 3.81. The number of nitrogens with one attached hydrogen (secondary N) is 1. The number of nitrogens with zero attached hydrogens (tertiary/aromatic N) is 1. The lowest BCUT2D eigenvalue weighted by atomic mass is 10.0. The molecule has 0 radical (unpaired) electrons. The molecule has 0 spiro atoms.